The average molecular weight is 274 g/mol. The summed E-state index contributed by atoms with van der Waals surface area (Å²) in [5.74, 6) is -0.00948. The normalized spacial score (nSPS) is 12.7. The van der Waals surface area contributed by atoms with E-state index < -0.39 is 6.04 Å². The molecule has 84 valence electrons. The zero-order valence-corrected chi connectivity index (χ0v) is 10.5. The van der Waals surface area contributed by atoms with E-state index in [1.165, 1.54) is 6.07 Å². The molecule has 2 aromatic rings. The molecule has 0 radical (unpaired) electrons. The number of benzene rings is 1. The Bertz CT molecular complexity index is 499. The SMILES string of the molecule is N[C@@H](c1ccsc1)c1cc(Cl)cc(Cl)c1O. The van der Waals surface area contributed by atoms with Crippen LogP contribution < -0.4 is 5.73 Å². The predicted octanol–water partition coefficient (Wildman–Crippen LogP) is 3.81. The zero-order chi connectivity index (χ0) is 11.7. The van der Waals surface area contributed by atoms with Crippen molar-refractivity contribution in [1.82, 2.24) is 0 Å². The maximum atomic E-state index is 9.82. The second-order valence-corrected chi connectivity index (χ2v) is 4.98. The van der Waals surface area contributed by atoms with Gasteiger partial charge in [0.2, 0.25) is 0 Å². The van der Waals surface area contributed by atoms with Crippen molar-refractivity contribution in [2.24, 2.45) is 5.73 Å². The second kappa shape index (κ2) is 4.63. The Morgan fingerprint density at radius 1 is 1.31 bits per heavy atom. The van der Waals surface area contributed by atoms with Crippen molar-refractivity contribution in [2.75, 3.05) is 0 Å². The van der Waals surface area contributed by atoms with Crippen molar-refractivity contribution < 1.29 is 5.11 Å². The van der Waals surface area contributed by atoms with E-state index >= 15 is 0 Å². The first-order chi connectivity index (χ1) is 7.59. The molecule has 0 fully saturated rings. The van der Waals surface area contributed by atoms with Crippen LogP contribution in [0.15, 0.2) is 29.0 Å². The molecule has 0 amide bonds. The Hall–Kier alpha value is -0.740. The Kier molecular flexibility index (Phi) is 3.40. The third-order valence-corrected chi connectivity index (χ3v) is 3.50. The van der Waals surface area contributed by atoms with Gasteiger partial charge in [-0.05, 0) is 34.5 Å². The van der Waals surface area contributed by atoms with Crippen molar-refractivity contribution in [2.45, 2.75) is 6.04 Å². The second-order valence-electron chi connectivity index (χ2n) is 3.36. The third kappa shape index (κ3) is 2.18. The number of halogens is 2. The number of phenols is 1. The van der Waals surface area contributed by atoms with Crippen molar-refractivity contribution in [3.05, 3.63) is 50.1 Å². The Balaban J connectivity index is 2.48. The summed E-state index contributed by atoms with van der Waals surface area (Å²) >= 11 is 13.3. The first-order valence-electron chi connectivity index (χ1n) is 4.55. The van der Waals surface area contributed by atoms with E-state index in [0.29, 0.717) is 10.6 Å². The molecule has 0 saturated heterocycles. The fourth-order valence-electron chi connectivity index (χ4n) is 1.45. The number of hydrogen-bond donors (Lipinski definition) is 2. The number of aromatic hydroxyl groups is 1. The van der Waals surface area contributed by atoms with Crippen molar-refractivity contribution in [3.63, 3.8) is 0 Å². The van der Waals surface area contributed by atoms with Crippen LogP contribution >= 0.6 is 34.5 Å². The largest absolute Gasteiger partial charge is 0.506 e. The molecule has 16 heavy (non-hydrogen) atoms. The van der Waals surface area contributed by atoms with E-state index in [0.717, 1.165) is 5.56 Å². The Labute approximate surface area is 107 Å². The van der Waals surface area contributed by atoms with E-state index in [-0.39, 0.29) is 10.8 Å². The van der Waals surface area contributed by atoms with E-state index in [1.807, 2.05) is 16.8 Å². The van der Waals surface area contributed by atoms with Crippen molar-refractivity contribution in [3.8, 4) is 5.75 Å². The number of thiophene rings is 1. The molecule has 1 atom stereocenters. The smallest absolute Gasteiger partial charge is 0.139 e. The summed E-state index contributed by atoms with van der Waals surface area (Å²) in [4.78, 5) is 0. The highest BCUT2D eigenvalue weighted by molar-refractivity contribution is 7.08. The van der Waals surface area contributed by atoms with E-state index in [9.17, 15) is 5.11 Å². The van der Waals surface area contributed by atoms with Crippen LogP contribution in [-0.4, -0.2) is 5.11 Å². The third-order valence-electron chi connectivity index (χ3n) is 2.30. The highest BCUT2D eigenvalue weighted by Gasteiger charge is 2.16. The van der Waals surface area contributed by atoms with Crippen LogP contribution in [0.5, 0.6) is 5.75 Å². The highest BCUT2D eigenvalue weighted by Crippen LogP contribution is 2.36. The highest BCUT2D eigenvalue weighted by atomic mass is 35.5. The molecule has 0 bridgehead atoms. The van der Waals surface area contributed by atoms with Gasteiger partial charge in [0, 0.05) is 10.6 Å². The molecular formula is C11H9Cl2NOS. The fraction of sp³-hybridized carbons (Fsp3) is 0.0909. The quantitative estimate of drug-likeness (QED) is 0.874. The lowest BCUT2D eigenvalue weighted by molar-refractivity contribution is 0.465. The minimum absolute atomic E-state index is 0.00948. The zero-order valence-electron chi connectivity index (χ0n) is 8.15. The summed E-state index contributed by atoms with van der Waals surface area (Å²) in [5.41, 5.74) is 7.50. The number of rotatable bonds is 2. The van der Waals surface area contributed by atoms with Gasteiger partial charge in [-0.1, -0.05) is 23.2 Å². The molecule has 0 aliphatic heterocycles. The maximum Gasteiger partial charge on any atom is 0.139 e. The van der Waals surface area contributed by atoms with Gasteiger partial charge < -0.3 is 10.8 Å². The van der Waals surface area contributed by atoms with E-state index in [1.54, 1.807) is 17.4 Å². The summed E-state index contributed by atoms with van der Waals surface area (Å²) in [7, 11) is 0. The van der Waals surface area contributed by atoms with Gasteiger partial charge in [-0.3, -0.25) is 0 Å². The molecule has 0 aliphatic carbocycles. The molecule has 5 heteroatoms. The van der Waals surface area contributed by atoms with Crippen LogP contribution in [0.2, 0.25) is 10.0 Å². The topological polar surface area (TPSA) is 46.2 Å². The lowest BCUT2D eigenvalue weighted by atomic mass is 10.0. The standard InChI is InChI=1S/C11H9Cl2NOS/c12-7-3-8(11(15)9(13)4-7)10(14)6-1-2-16-5-6/h1-5,10,15H,14H2/t10-/m0/s1. The molecule has 1 aromatic carbocycles. The van der Waals surface area contributed by atoms with E-state index in [4.69, 9.17) is 28.9 Å². The van der Waals surface area contributed by atoms with Crippen molar-refractivity contribution in [1.29, 1.82) is 0 Å². The van der Waals surface area contributed by atoms with Crippen LogP contribution in [0.25, 0.3) is 0 Å². The monoisotopic (exact) mass is 273 g/mol. The van der Waals surface area contributed by atoms with Gasteiger partial charge in [0.1, 0.15) is 5.75 Å². The average Bonchev–Trinajstić information content (AvgIpc) is 2.75. The fourth-order valence-corrected chi connectivity index (χ4v) is 2.66. The van der Waals surface area contributed by atoms with Gasteiger partial charge in [-0.25, -0.2) is 0 Å². The van der Waals surface area contributed by atoms with Crippen LogP contribution in [0.1, 0.15) is 17.2 Å². The molecule has 0 aliphatic rings. The molecule has 3 N–H and O–H groups in total. The lowest BCUT2D eigenvalue weighted by Crippen LogP contribution is -2.11. The maximum absolute atomic E-state index is 9.82. The van der Waals surface area contributed by atoms with Gasteiger partial charge in [-0.2, -0.15) is 11.3 Å². The van der Waals surface area contributed by atoms with Gasteiger partial charge in [0.25, 0.3) is 0 Å². The van der Waals surface area contributed by atoms with Crippen LogP contribution in [0.3, 0.4) is 0 Å². The summed E-state index contributed by atoms with van der Waals surface area (Å²) in [5, 5.41) is 14.4. The van der Waals surface area contributed by atoms with Crippen LogP contribution in [0.4, 0.5) is 0 Å². The lowest BCUT2D eigenvalue weighted by Gasteiger charge is -2.13. The minimum Gasteiger partial charge on any atom is -0.506 e. The molecule has 1 heterocycles. The summed E-state index contributed by atoms with van der Waals surface area (Å²) < 4.78 is 0. The van der Waals surface area contributed by atoms with Crippen LogP contribution in [0, 0.1) is 0 Å². The molecule has 1 aromatic heterocycles. The molecule has 0 unspecified atom stereocenters. The van der Waals surface area contributed by atoms with Crippen LogP contribution in [-0.2, 0) is 0 Å². The van der Waals surface area contributed by atoms with E-state index in [2.05, 4.69) is 0 Å². The van der Waals surface area contributed by atoms with Gasteiger partial charge >= 0.3 is 0 Å². The Morgan fingerprint density at radius 3 is 2.69 bits per heavy atom. The summed E-state index contributed by atoms with van der Waals surface area (Å²) in [6.07, 6.45) is 0. The minimum atomic E-state index is -0.414. The molecule has 0 saturated carbocycles. The predicted molar refractivity (Wildman–Crippen MR) is 68.5 cm³/mol. The molecule has 2 rings (SSSR count). The molecular weight excluding hydrogens is 265 g/mol. The number of hydrogen-bond acceptors (Lipinski definition) is 3. The number of phenolic OH excluding ortho intramolecular Hbond substituents is 1. The number of nitrogens with two attached hydrogens (primary N) is 1. The molecule has 2 nitrogen and oxygen atoms in total. The van der Waals surface area contributed by atoms with Gasteiger partial charge in [-0.15, -0.1) is 0 Å². The summed E-state index contributed by atoms with van der Waals surface area (Å²) in [6, 6.07) is 4.61. The summed E-state index contributed by atoms with van der Waals surface area (Å²) in [6.45, 7) is 0. The first-order valence-corrected chi connectivity index (χ1v) is 6.25. The molecule has 0 spiro atoms. The first kappa shape index (κ1) is 11.7. The van der Waals surface area contributed by atoms with Gasteiger partial charge in [0.15, 0.2) is 0 Å². The van der Waals surface area contributed by atoms with Crippen molar-refractivity contribution >= 4 is 34.5 Å². The Morgan fingerprint density at radius 2 is 2.06 bits per heavy atom. The van der Waals surface area contributed by atoms with Gasteiger partial charge in [0.05, 0.1) is 11.1 Å².